The van der Waals surface area contributed by atoms with E-state index in [0.29, 0.717) is 6.54 Å². The van der Waals surface area contributed by atoms with Crippen LogP contribution < -0.4 is 16.0 Å². The summed E-state index contributed by atoms with van der Waals surface area (Å²) in [5, 5.41) is 18.3. The Kier molecular flexibility index (Phi) is 7.49. The van der Waals surface area contributed by atoms with Crippen LogP contribution >= 0.6 is 22.6 Å². The number of nitrogens with one attached hydrogen (secondary N) is 3. The molecule has 1 aromatic carbocycles. The summed E-state index contributed by atoms with van der Waals surface area (Å²) in [6, 6.07) is 7.90. The predicted molar refractivity (Wildman–Crippen MR) is 104 cm³/mol. The summed E-state index contributed by atoms with van der Waals surface area (Å²) in [4.78, 5) is 14.4. The highest BCUT2D eigenvalue weighted by molar-refractivity contribution is 14.1. The molecule has 7 heteroatoms. The molecule has 0 atom stereocenters. The van der Waals surface area contributed by atoms with Crippen molar-refractivity contribution in [2.24, 2.45) is 0 Å². The van der Waals surface area contributed by atoms with Gasteiger partial charge in [0.15, 0.2) is 0 Å². The number of nitriles is 1. The third-order valence-corrected chi connectivity index (χ3v) is 4.52. The smallest absolute Gasteiger partial charge is 0.263 e. The predicted octanol–water partition coefficient (Wildman–Crippen LogP) is 1.44. The van der Waals surface area contributed by atoms with Gasteiger partial charge in [-0.2, -0.15) is 5.26 Å². The maximum Gasteiger partial charge on any atom is 0.263 e. The lowest BCUT2D eigenvalue weighted by molar-refractivity contribution is -0.117. The Morgan fingerprint density at radius 2 is 2.21 bits per heavy atom. The van der Waals surface area contributed by atoms with Gasteiger partial charge in [-0.05, 0) is 53.3 Å². The molecule has 0 saturated carbocycles. The van der Waals surface area contributed by atoms with Crippen LogP contribution in [0.15, 0.2) is 30.0 Å². The summed E-state index contributed by atoms with van der Waals surface area (Å²) < 4.78 is 1.14. The quantitative estimate of drug-likeness (QED) is 0.355. The van der Waals surface area contributed by atoms with Crippen molar-refractivity contribution in [1.29, 1.82) is 5.26 Å². The third kappa shape index (κ3) is 5.78. The van der Waals surface area contributed by atoms with E-state index in [1.54, 1.807) is 0 Å². The molecule has 0 aromatic heterocycles. The molecule has 0 aliphatic carbocycles. The molecule has 1 aromatic rings. The van der Waals surface area contributed by atoms with Crippen molar-refractivity contribution in [2.75, 3.05) is 44.6 Å². The Hall–Kier alpha value is -1.63. The normalized spacial score (nSPS) is 15.6. The highest BCUT2D eigenvalue weighted by Gasteiger charge is 2.11. The Bertz CT molecular complexity index is 647. The van der Waals surface area contributed by atoms with Crippen LogP contribution in [0.5, 0.6) is 0 Å². The zero-order valence-electron chi connectivity index (χ0n) is 13.7. The SMILES string of the molecule is Cc1cc(I)ccc1N/C=C(/C#N)C(=O)NCCN1CCNCC1. The van der Waals surface area contributed by atoms with Crippen molar-refractivity contribution < 1.29 is 4.79 Å². The summed E-state index contributed by atoms with van der Waals surface area (Å²) in [5.74, 6) is -0.344. The number of amides is 1. The number of piperazine rings is 1. The van der Waals surface area contributed by atoms with Crippen molar-refractivity contribution in [3.8, 4) is 6.07 Å². The maximum atomic E-state index is 12.1. The molecular formula is C17H22IN5O. The van der Waals surface area contributed by atoms with Crippen LogP contribution in [-0.2, 0) is 4.79 Å². The Labute approximate surface area is 156 Å². The van der Waals surface area contributed by atoms with Gasteiger partial charge in [-0.15, -0.1) is 0 Å². The first-order valence-corrected chi connectivity index (χ1v) is 9.02. The van der Waals surface area contributed by atoms with Crippen molar-refractivity contribution in [3.05, 3.63) is 39.1 Å². The average molecular weight is 439 g/mol. The van der Waals surface area contributed by atoms with Gasteiger partial charge in [-0.25, -0.2) is 0 Å². The molecule has 0 spiro atoms. The fourth-order valence-corrected chi connectivity index (χ4v) is 3.09. The molecule has 3 N–H and O–H groups in total. The number of hydrogen-bond donors (Lipinski definition) is 3. The van der Waals surface area contributed by atoms with Crippen molar-refractivity contribution >= 4 is 34.2 Å². The summed E-state index contributed by atoms with van der Waals surface area (Å²) in [7, 11) is 0. The number of benzene rings is 1. The van der Waals surface area contributed by atoms with E-state index >= 15 is 0 Å². The molecule has 0 bridgehead atoms. The Morgan fingerprint density at radius 3 is 2.88 bits per heavy atom. The first-order valence-electron chi connectivity index (χ1n) is 7.94. The first kappa shape index (κ1) is 18.7. The second-order valence-electron chi connectivity index (χ2n) is 5.62. The molecule has 1 saturated heterocycles. The minimum absolute atomic E-state index is 0.0771. The van der Waals surface area contributed by atoms with E-state index in [-0.39, 0.29) is 11.5 Å². The van der Waals surface area contributed by atoms with E-state index in [1.165, 1.54) is 6.20 Å². The van der Waals surface area contributed by atoms with Gasteiger partial charge in [0.05, 0.1) is 0 Å². The van der Waals surface area contributed by atoms with Gasteiger partial charge in [-0.1, -0.05) is 0 Å². The molecule has 1 fully saturated rings. The van der Waals surface area contributed by atoms with Crippen LogP contribution in [0.2, 0.25) is 0 Å². The number of halogens is 1. The average Bonchev–Trinajstić information content (AvgIpc) is 2.58. The van der Waals surface area contributed by atoms with Crippen molar-refractivity contribution in [2.45, 2.75) is 6.92 Å². The summed E-state index contributed by atoms with van der Waals surface area (Å²) >= 11 is 2.25. The topological polar surface area (TPSA) is 80.2 Å². The van der Waals surface area contributed by atoms with E-state index in [2.05, 4.69) is 43.4 Å². The van der Waals surface area contributed by atoms with Crippen LogP contribution in [0.4, 0.5) is 5.69 Å². The van der Waals surface area contributed by atoms with E-state index in [9.17, 15) is 10.1 Å². The zero-order valence-corrected chi connectivity index (χ0v) is 15.9. The third-order valence-electron chi connectivity index (χ3n) is 3.85. The number of aryl methyl sites for hydroxylation is 1. The highest BCUT2D eigenvalue weighted by atomic mass is 127. The van der Waals surface area contributed by atoms with Crippen LogP contribution in [0, 0.1) is 21.8 Å². The molecule has 2 rings (SSSR count). The lowest BCUT2D eigenvalue weighted by atomic mass is 10.2. The number of rotatable bonds is 6. The molecule has 128 valence electrons. The summed E-state index contributed by atoms with van der Waals surface area (Å²) in [6.45, 7) is 7.27. The Morgan fingerprint density at radius 1 is 1.46 bits per heavy atom. The molecule has 0 unspecified atom stereocenters. The highest BCUT2D eigenvalue weighted by Crippen LogP contribution is 2.17. The molecule has 1 aliphatic rings. The van der Waals surface area contributed by atoms with Gasteiger partial charge >= 0.3 is 0 Å². The molecule has 6 nitrogen and oxygen atoms in total. The van der Waals surface area contributed by atoms with E-state index in [0.717, 1.165) is 47.5 Å². The van der Waals surface area contributed by atoms with E-state index in [1.807, 2.05) is 31.2 Å². The number of carbonyl (C=O) groups is 1. The van der Waals surface area contributed by atoms with E-state index in [4.69, 9.17) is 0 Å². The van der Waals surface area contributed by atoms with E-state index < -0.39 is 0 Å². The molecule has 1 aliphatic heterocycles. The zero-order chi connectivity index (χ0) is 17.4. The number of hydrogen-bond acceptors (Lipinski definition) is 5. The van der Waals surface area contributed by atoms with Crippen LogP contribution in [-0.4, -0.2) is 50.1 Å². The monoisotopic (exact) mass is 439 g/mol. The van der Waals surface area contributed by atoms with Gasteiger partial charge in [0.1, 0.15) is 11.6 Å². The maximum absolute atomic E-state index is 12.1. The molecular weight excluding hydrogens is 417 g/mol. The number of anilines is 1. The first-order chi connectivity index (χ1) is 11.6. The van der Waals surface area contributed by atoms with Gasteiger partial charge in [0.25, 0.3) is 5.91 Å². The van der Waals surface area contributed by atoms with Crippen LogP contribution in [0.1, 0.15) is 5.56 Å². The fourth-order valence-electron chi connectivity index (χ4n) is 2.45. The summed E-state index contributed by atoms with van der Waals surface area (Å²) in [5.41, 5.74) is 2.03. The fraction of sp³-hybridized carbons (Fsp3) is 0.412. The lowest BCUT2D eigenvalue weighted by Gasteiger charge is -2.27. The number of nitrogens with zero attached hydrogens (tertiary/aromatic N) is 2. The Balaban J connectivity index is 1.85. The minimum atomic E-state index is -0.344. The molecule has 1 amide bonds. The van der Waals surface area contributed by atoms with Gasteiger partial charge < -0.3 is 16.0 Å². The van der Waals surface area contributed by atoms with Crippen molar-refractivity contribution in [1.82, 2.24) is 15.5 Å². The number of carbonyl (C=O) groups excluding carboxylic acids is 1. The second kappa shape index (κ2) is 9.61. The van der Waals surface area contributed by atoms with Crippen LogP contribution in [0.25, 0.3) is 0 Å². The minimum Gasteiger partial charge on any atom is -0.360 e. The van der Waals surface area contributed by atoms with Gasteiger partial charge in [-0.3, -0.25) is 9.69 Å². The molecule has 24 heavy (non-hydrogen) atoms. The van der Waals surface area contributed by atoms with Crippen LogP contribution in [0.3, 0.4) is 0 Å². The van der Waals surface area contributed by atoms with Crippen molar-refractivity contribution in [3.63, 3.8) is 0 Å². The largest absolute Gasteiger partial charge is 0.360 e. The second-order valence-corrected chi connectivity index (χ2v) is 6.87. The molecule has 1 heterocycles. The lowest BCUT2D eigenvalue weighted by Crippen LogP contribution is -2.46. The standard InChI is InChI=1S/C17H22IN5O/c1-13-10-15(18)2-3-16(13)22-12-14(11-19)17(24)21-6-9-23-7-4-20-5-8-23/h2-3,10,12,20,22H,4-9H2,1H3,(H,21,24)/b14-12-. The van der Waals surface area contributed by atoms with Gasteiger partial charge in [0.2, 0.25) is 0 Å². The van der Waals surface area contributed by atoms with Gasteiger partial charge in [0, 0.05) is 54.7 Å². The molecule has 0 radical (unpaired) electrons. The summed E-state index contributed by atoms with van der Waals surface area (Å²) in [6.07, 6.45) is 1.47.